The van der Waals surface area contributed by atoms with Crippen LogP contribution >= 0.6 is 11.6 Å². The Hall–Kier alpha value is -2.60. The van der Waals surface area contributed by atoms with Crippen molar-refractivity contribution in [2.24, 2.45) is 11.3 Å². The van der Waals surface area contributed by atoms with E-state index >= 15 is 0 Å². The summed E-state index contributed by atoms with van der Waals surface area (Å²) in [6.45, 7) is 5.67. The number of nitrogens with one attached hydrogen (secondary N) is 1. The molecule has 1 N–H and O–H groups in total. The first-order valence-corrected chi connectivity index (χ1v) is 11.1. The third-order valence-electron chi connectivity index (χ3n) is 6.50. The van der Waals surface area contributed by atoms with Crippen LogP contribution in [0.1, 0.15) is 36.2 Å². The number of likely N-dealkylation sites (tertiary alicyclic amines) is 1. The Kier molecular flexibility index (Phi) is 6.19. The van der Waals surface area contributed by atoms with Crippen molar-refractivity contribution in [3.8, 4) is 5.75 Å². The van der Waals surface area contributed by atoms with Crippen LogP contribution in [0.15, 0.2) is 36.4 Å². The Balaban J connectivity index is 1.22. The molecule has 0 unspecified atom stereocenters. The number of nitrogens with zero attached hydrogens (tertiary/aromatic N) is 2. The Morgan fingerprint density at radius 3 is 2.71 bits per heavy atom. The number of carbonyl (C=O) groups is 2. The van der Waals surface area contributed by atoms with Crippen LogP contribution in [0.4, 0.5) is 0 Å². The SMILES string of the molecule is Cc1cccc(CNC(=O)[C@H]2CC23CCN(C(=O)COc2ccc(Cl)cc2C)CC3)n1. The van der Waals surface area contributed by atoms with E-state index in [9.17, 15) is 9.59 Å². The van der Waals surface area contributed by atoms with Crippen LogP contribution in [0.2, 0.25) is 5.02 Å². The van der Waals surface area contributed by atoms with Crippen molar-refractivity contribution < 1.29 is 14.3 Å². The van der Waals surface area contributed by atoms with Gasteiger partial charge in [0.15, 0.2) is 6.61 Å². The molecule has 1 spiro atoms. The van der Waals surface area contributed by atoms with E-state index in [0.717, 1.165) is 36.2 Å². The largest absolute Gasteiger partial charge is 0.483 e. The summed E-state index contributed by atoms with van der Waals surface area (Å²) in [6.07, 6.45) is 2.63. The lowest BCUT2D eigenvalue weighted by Crippen LogP contribution is -2.42. The minimum absolute atomic E-state index is 0.0167. The fourth-order valence-corrected chi connectivity index (χ4v) is 4.70. The van der Waals surface area contributed by atoms with E-state index in [2.05, 4.69) is 10.3 Å². The highest BCUT2D eigenvalue weighted by Crippen LogP contribution is 2.59. The molecule has 1 aliphatic heterocycles. The quantitative estimate of drug-likeness (QED) is 0.742. The summed E-state index contributed by atoms with van der Waals surface area (Å²) in [7, 11) is 0. The smallest absolute Gasteiger partial charge is 0.260 e. The predicted molar refractivity (Wildman–Crippen MR) is 119 cm³/mol. The molecule has 2 heterocycles. The van der Waals surface area contributed by atoms with Gasteiger partial charge < -0.3 is 15.0 Å². The molecule has 4 rings (SSSR count). The zero-order valence-corrected chi connectivity index (χ0v) is 18.7. The third kappa shape index (κ3) is 5.01. The van der Waals surface area contributed by atoms with Crippen molar-refractivity contribution in [3.63, 3.8) is 0 Å². The molecule has 2 fully saturated rings. The zero-order valence-electron chi connectivity index (χ0n) is 18.0. The van der Waals surface area contributed by atoms with Crippen LogP contribution < -0.4 is 10.1 Å². The maximum atomic E-state index is 12.6. The molecule has 1 aliphatic carbocycles. The topological polar surface area (TPSA) is 71.5 Å². The lowest BCUT2D eigenvalue weighted by molar-refractivity contribution is -0.135. The van der Waals surface area contributed by atoms with Gasteiger partial charge in [-0.05, 0) is 74.4 Å². The molecule has 1 atom stereocenters. The number of hydrogen-bond acceptors (Lipinski definition) is 4. The average Bonchev–Trinajstić information content (AvgIpc) is 3.45. The normalized spacial score (nSPS) is 19.2. The number of rotatable bonds is 6. The molecule has 0 radical (unpaired) electrons. The van der Waals surface area contributed by atoms with Gasteiger partial charge in [-0.25, -0.2) is 0 Å². The van der Waals surface area contributed by atoms with Crippen LogP contribution in [-0.4, -0.2) is 41.4 Å². The second kappa shape index (κ2) is 8.87. The van der Waals surface area contributed by atoms with E-state index in [4.69, 9.17) is 16.3 Å². The number of pyridine rings is 1. The van der Waals surface area contributed by atoms with Gasteiger partial charge in [-0.3, -0.25) is 14.6 Å². The molecule has 1 aromatic heterocycles. The number of aryl methyl sites for hydroxylation is 2. The summed E-state index contributed by atoms with van der Waals surface area (Å²) < 4.78 is 5.70. The van der Waals surface area contributed by atoms with Crippen LogP contribution in [0.5, 0.6) is 5.75 Å². The highest BCUT2D eigenvalue weighted by molar-refractivity contribution is 6.30. The van der Waals surface area contributed by atoms with Gasteiger partial charge in [-0.15, -0.1) is 0 Å². The molecule has 1 saturated carbocycles. The summed E-state index contributed by atoms with van der Waals surface area (Å²) in [6, 6.07) is 11.2. The fourth-order valence-electron chi connectivity index (χ4n) is 4.48. The van der Waals surface area contributed by atoms with Gasteiger partial charge in [0.1, 0.15) is 5.75 Å². The molecule has 1 saturated heterocycles. The number of hydrogen-bond donors (Lipinski definition) is 1. The summed E-state index contributed by atoms with van der Waals surface area (Å²) in [4.78, 5) is 31.5. The first-order valence-electron chi connectivity index (χ1n) is 10.7. The molecule has 6 nitrogen and oxygen atoms in total. The number of halogens is 1. The average molecular weight is 442 g/mol. The highest BCUT2D eigenvalue weighted by atomic mass is 35.5. The van der Waals surface area contributed by atoms with Crippen molar-refractivity contribution >= 4 is 23.4 Å². The van der Waals surface area contributed by atoms with Crippen molar-refractivity contribution in [2.45, 2.75) is 39.7 Å². The number of carbonyl (C=O) groups excluding carboxylic acids is 2. The van der Waals surface area contributed by atoms with Crippen LogP contribution in [0.25, 0.3) is 0 Å². The monoisotopic (exact) mass is 441 g/mol. The summed E-state index contributed by atoms with van der Waals surface area (Å²) in [5, 5.41) is 3.68. The van der Waals surface area contributed by atoms with Crippen molar-refractivity contribution in [1.82, 2.24) is 15.2 Å². The van der Waals surface area contributed by atoms with Crippen molar-refractivity contribution in [2.75, 3.05) is 19.7 Å². The van der Waals surface area contributed by atoms with E-state index in [-0.39, 0.29) is 29.8 Å². The molecular weight excluding hydrogens is 414 g/mol. The van der Waals surface area contributed by atoms with Gasteiger partial charge in [0.25, 0.3) is 5.91 Å². The number of aromatic nitrogens is 1. The van der Waals surface area contributed by atoms with Crippen LogP contribution in [-0.2, 0) is 16.1 Å². The molecule has 164 valence electrons. The maximum Gasteiger partial charge on any atom is 0.260 e. The zero-order chi connectivity index (χ0) is 22.0. The molecule has 2 aliphatic rings. The van der Waals surface area contributed by atoms with Crippen molar-refractivity contribution in [1.29, 1.82) is 0 Å². The molecule has 31 heavy (non-hydrogen) atoms. The Morgan fingerprint density at radius 2 is 2.00 bits per heavy atom. The maximum absolute atomic E-state index is 12.6. The van der Waals surface area contributed by atoms with Crippen molar-refractivity contribution in [3.05, 3.63) is 58.4 Å². The summed E-state index contributed by atoms with van der Waals surface area (Å²) in [5.41, 5.74) is 2.78. The number of benzene rings is 1. The van der Waals surface area contributed by atoms with Gasteiger partial charge in [0, 0.05) is 29.7 Å². The predicted octanol–water partition coefficient (Wildman–Crippen LogP) is 3.68. The van der Waals surface area contributed by atoms with E-state index in [0.29, 0.717) is 30.4 Å². The lowest BCUT2D eigenvalue weighted by atomic mass is 9.90. The second-order valence-corrected chi connectivity index (χ2v) is 9.12. The fraction of sp³-hybridized carbons (Fsp3) is 0.458. The van der Waals surface area contributed by atoms with E-state index in [1.165, 1.54) is 0 Å². The molecular formula is C24H28ClN3O3. The minimum Gasteiger partial charge on any atom is -0.483 e. The first kappa shape index (κ1) is 21.6. The Morgan fingerprint density at radius 1 is 1.23 bits per heavy atom. The van der Waals surface area contributed by atoms with Crippen LogP contribution in [0.3, 0.4) is 0 Å². The van der Waals surface area contributed by atoms with Gasteiger partial charge in [0.2, 0.25) is 5.91 Å². The third-order valence-corrected chi connectivity index (χ3v) is 6.73. The molecule has 2 aromatic rings. The van der Waals surface area contributed by atoms with Crippen LogP contribution in [0, 0.1) is 25.2 Å². The number of piperidine rings is 1. The van der Waals surface area contributed by atoms with Gasteiger partial charge >= 0.3 is 0 Å². The summed E-state index contributed by atoms with van der Waals surface area (Å²) >= 11 is 5.96. The van der Waals surface area contributed by atoms with E-state index in [1.54, 1.807) is 12.1 Å². The van der Waals surface area contributed by atoms with E-state index < -0.39 is 0 Å². The standard InChI is InChI=1S/C24H28ClN3O3/c1-16-12-18(25)6-7-21(16)31-15-22(29)28-10-8-24(9-11-28)13-20(24)23(30)26-14-19-5-3-4-17(2)27-19/h3-7,12,20H,8-11,13-15H2,1-2H3,(H,26,30)/t20-/m1/s1. The first-order chi connectivity index (χ1) is 14.9. The Bertz CT molecular complexity index is 986. The Labute approximate surface area is 187 Å². The van der Waals surface area contributed by atoms with Gasteiger partial charge in [-0.2, -0.15) is 0 Å². The summed E-state index contributed by atoms with van der Waals surface area (Å²) in [5.74, 6) is 0.803. The molecule has 1 aromatic carbocycles. The molecule has 7 heteroatoms. The van der Waals surface area contributed by atoms with Gasteiger partial charge in [0.05, 0.1) is 12.2 Å². The number of amides is 2. The molecule has 2 amide bonds. The minimum atomic E-state index is -0.0172. The molecule has 0 bridgehead atoms. The van der Waals surface area contributed by atoms with Gasteiger partial charge in [-0.1, -0.05) is 17.7 Å². The lowest BCUT2D eigenvalue weighted by Gasteiger charge is -2.32. The second-order valence-electron chi connectivity index (χ2n) is 8.69. The number of ether oxygens (including phenoxy) is 1. The highest BCUT2D eigenvalue weighted by Gasteiger charge is 2.58. The van der Waals surface area contributed by atoms with E-state index in [1.807, 2.05) is 43.0 Å².